The fourth-order valence-corrected chi connectivity index (χ4v) is 4.23. The first-order chi connectivity index (χ1) is 10.7. The van der Waals surface area contributed by atoms with Crippen LogP contribution < -0.4 is 4.31 Å². The molecule has 0 atom stereocenters. The normalized spacial score (nSPS) is 11.1. The SMILES string of the molecule is C=C(C)C(=O)N(c1ccccc1I)S(=O)(=O)c1ccc(C)cc1. The number of sulfonamides is 1. The molecule has 0 unspecified atom stereocenters. The highest BCUT2D eigenvalue weighted by molar-refractivity contribution is 14.1. The zero-order valence-electron chi connectivity index (χ0n) is 12.8. The average Bonchev–Trinajstić information content (AvgIpc) is 2.49. The van der Waals surface area contributed by atoms with Gasteiger partial charge in [0.2, 0.25) is 0 Å². The van der Waals surface area contributed by atoms with Crippen LogP contribution in [0.4, 0.5) is 5.69 Å². The molecule has 0 bridgehead atoms. The van der Waals surface area contributed by atoms with Crippen molar-refractivity contribution in [1.29, 1.82) is 0 Å². The zero-order chi connectivity index (χ0) is 17.2. The topological polar surface area (TPSA) is 54.5 Å². The average molecular weight is 441 g/mol. The molecule has 0 aliphatic rings. The first-order valence-corrected chi connectivity index (χ1v) is 9.33. The van der Waals surface area contributed by atoms with Crippen LogP contribution in [0.3, 0.4) is 0 Å². The van der Waals surface area contributed by atoms with E-state index in [1.54, 1.807) is 36.4 Å². The van der Waals surface area contributed by atoms with E-state index in [9.17, 15) is 13.2 Å². The molecule has 0 fully saturated rings. The first kappa shape index (κ1) is 17.7. The molecule has 2 aromatic rings. The lowest BCUT2D eigenvalue weighted by Crippen LogP contribution is -2.37. The molecule has 2 aromatic carbocycles. The van der Waals surface area contributed by atoms with Gasteiger partial charge in [0.05, 0.1) is 10.6 Å². The van der Waals surface area contributed by atoms with Gasteiger partial charge in [-0.1, -0.05) is 36.4 Å². The maximum Gasteiger partial charge on any atom is 0.271 e. The number of halogens is 1. The van der Waals surface area contributed by atoms with Gasteiger partial charge in [0.25, 0.3) is 15.9 Å². The molecule has 2 rings (SSSR count). The first-order valence-electron chi connectivity index (χ1n) is 6.81. The summed E-state index contributed by atoms with van der Waals surface area (Å²) in [5, 5.41) is 0. The summed E-state index contributed by atoms with van der Waals surface area (Å²) in [7, 11) is -4.02. The second kappa shape index (κ2) is 6.84. The maximum absolute atomic E-state index is 13.0. The molecule has 0 spiro atoms. The minimum Gasteiger partial charge on any atom is -0.268 e. The van der Waals surface area contributed by atoms with Crippen molar-refractivity contribution in [1.82, 2.24) is 0 Å². The maximum atomic E-state index is 13.0. The van der Waals surface area contributed by atoms with E-state index in [1.165, 1.54) is 19.1 Å². The molecule has 1 amide bonds. The molecule has 0 radical (unpaired) electrons. The fourth-order valence-electron chi connectivity index (χ4n) is 1.95. The van der Waals surface area contributed by atoms with Crippen molar-refractivity contribution in [3.63, 3.8) is 0 Å². The van der Waals surface area contributed by atoms with Crippen LogP contribution >= 0.6 is 22.6 Å². The number of nitrogens with zero attached hydrogens (tertiary/aromatic N) is 1. The highest BCUT2D eigenvalue weighted by atomic mass is 127. The molecular weight excluding hydrogens is 425 g/mol. The predicted molar refractivity (Wildman–Crippen MR) is 99.8 cm³/mol. The summed E-state index contributed by atoms with van der Waals surface area (Å²) in [6.45, 7) is 6.96. The number of benzene rings is 2. The number of hydrogen-bond donors (Lipinski definition) is 0. The van der Waals surface area contributed by atoms with E-state index in [0.717, 1.165) is 9.87 Å². The van der Waals surface area contributed by atoms with Crippen LogP contribution in [0.1, 0.15) is 12.5 Å². The lowest BCUT2D eigenvalue weighted by Gasteiger charge is -2.23. The van der Waals surface area contributed by atoms with Crippen molar-refractivity contribution >= 4 is 44.2 Å². The van der Waals surface area contributed by atoms with E-state index >= 15 is 0 Å². The number of amides is 1. The standard InChI is InChI=1S/C17H16INO3S/c1-12(2)17(20)19(16-7-5-4-6-15(16)18)23(21,22)14-10-8-13(3)9-11-14/h4-11H,1H2,2-3H3. The highest BCUT2D eigenvalue weighted by Gasteiger charge is 2.32. The Labute approximate surface area is 150 Å². The Bertz CT molecular complexity index is 858. The van der Waals surface area contributed by atoms with E-state index in [1.807, 2.05) is 29.5 Å². The third kappa shape index (κ3) is 3.64. The third-order valence-electron chi connectivity index (χ3n) is 3.18. The van der Waals surface area contributed by atoms with E-state index in [4.69, 9.17) is 0 Å². The van der Waals surface area contributed by atoms with Crippen molar-refractivity contribution in [3.05, 3.63) is 69.8 Å². The van der Waals surface area contributed by atoms with Crippen molar-refractivity contribution in [2.75, 3.05) is 4.31 Å². The van der Waals surface area contributed by atoms with Crippen molar-refractivity contribution in [3.8, 4) is 0 Å². The zero-order valence-corrected chi connectivity index (χ0v) is 15.8. The molecule has 4 nitrogen and oxygen atoms in total. The van der Waals surface area contributed by atoms with Gasteiger partial charge < -0.3 is 0 Å². The van der Waals surface area contributed by atoms with E-state index in [-0.39, 0.29) is 10.5 Å². The highest BCUT2D eigenvalue weighted by Crippen LogP contribution is 2.29. The van der Waals surface area contributed by atoms with Gasteiger partial charge in [-0.05, 0) is 60.7 Å². The summed E-state index contributed by atoms with van der Waals surface area (Å²) in [6, 6.07) is 13.2. The van der Waals surface area contributed by atoms with Gasteiger partial charge in [-0.25, -0.2) is 8.42 Å². The molecule has 0 N–H and O–H groups in total. The Hall–Kier alpha value is -1.67. The van der Waals surface area contributed by atoms with Gasteiger partial charge in [-0.3, -0.25) is 4.79 Å². The Morgan fingerprint density at radius 2 is 1.65 bits per heavy atom. The lowest BCUT2D eigenvalue weighted by molar-refractivity contribution is -0.114. The largest absolute Gasteiger partial charge is 0.271 e. The van der Waals surface area contributed by atoms with Crippen LogP contribution in [0, 0.1) is 10.5 Å². The second-order valence-corrected chi connectivity index (χ2v) is 8.07. The number of carbonyl (C=O) groups is 1. The fraction of sp³-hybridized carbons (Fsp3) is 0.118. The number of aryl methyl sites for hydroxylation is 1. The minimum absolute atomic E-state index is 0.0670. The van der Waals surface area contributed by atoms with Crippen LogP contribution in [0.15, 0.2) is 65.6 Å². The van der Waals surface area contributed by atoms with Crippen LogP contribution in [-0.4, -0.2) is 14.3 Å². The van der Waals surface area contributed by atoms with Gasteiger partial charge in [0.1, 0.15) is 0 Å². The summed E-state index contributed by atoms with van der Waals surface area (Å²) in [6.07, 6.45) is 0. The molecule has 0 aromatic heterocycles. The number of anilines is 1. The van der Waals surface area contributed by atoms with Crippen LogP contribution in [0.5, 0.6) is 0 Å². The van der Waals surface area contributed by atoms with Crippen molar-refractivity contribution < 1.29 is 13.2 Å². The Balaban J connectivity index is 2.67. The Morgan fingerprint density at radius 1 is 1.09 bits per heavy atom. The lowest BCUT2D eigenvalue weighted by atomic mass is 10.2. The summed E-state index contributed by atoms with van der Waals surface area (Å²) in [5.41, 5.74) is 1.41. The molecule has 0 saturated carbocycles. The number of para-hydroxylation sites is 1. The Kier molecular flexibility index (Phi) is 5.26. The van der Waals surface area contributed by atoms with Gasteiger partial charge in [-0.15, -0.1) is 0 Å². The second-order valence-electron chi connectivity index (χ2n) is 5.12. The third-order valence-corrected chi connectivity index (χ3v) is 5.80. The smallest absolute Gasteiger partial charge is 0.268 e. The molecular formula is C17H16INO3S. The molecule has 0 saturated heterocycles. The van der Waals surface area contributed by atoms with Crippen molar-refractivity contribution in [2.24, 2.45) is 0 Å². The minimum atomic E-state index is -4.02. The van der Waals surface area contributed by atoms with Crippen molar-refractivity contribution in [2.45, 2.75) is 18.7 Å². The van der Waals surface area contributed by atoms with E-state index in [0.29, 0.717) is 9.26 Å². The number of carbonyl (C=O) groups excluding carboxylic acids is 1. The van der Waals surface area contributed by atoms with Gasteiger partial charge >= 0.3 is 0 Å². The summed E-state index contributed by atoms with van der Waals surface area (Å²) in [5.74, 6) is -0.644. The molecule has 0 aliphatic heterocycles. The summed E-state index contributed by atoms with van der Waals surface area (Å²) in [4.78, 5) is 12.6. The Morgan fingerprint density at radius 3 is 2.17 bits per heavy atom. The number of hydrogen-bond acceptors (Lipinski definition) is 3. The quantitative estimate of drug-likeness (QED) is 0.535. The summed E-state index contributed by atoms with van der Waals surface area (Å²) >= 11 is 2.01. The van der Waals surface area contributed by atoms with Crippen LogP contribution in [0.2, 0.25) is 0 Å². The monoisotopic (exact) mass is 441 g/mol. The van der Waals surface area contributed by atoms with E-state index in [2.05, 4.69) is 6.58 Å². The van der Waals surface area contributed by atoms with Gasteiger partial charge in [0, 0.05) is 9.14 Å². The molecule has 0 aliphatic carbocycles. The molecule has 23 heavy (non-hydrogen) atoms. The van der Waals surface area contributed by atoms with Crippen LogP contribution in [0.25, 0.3) is 0 Å². The van der Waals surface area contributed by atoms with E-state index < -0.39 is 15.9 Å². The van der Waals surface area contributed by atoms with Gasteiger partial charge in [-0.2, -0.15) is 4.31 Å². The number of rotatable bonds is 4. The molecule has 0 heterocycles. The van der Waals surface area contributed by atoms with Crippen LogP contribution in [-0.2, 0) is 14.8 Å². The molecule has 6 heteroatoms. The molecule has 120 valence electrons. The predicted octanol–water partition coefficient (Wildman–Crippen LogP) is 3.90. The van der Waals surface area contributed by atoms with Gasteiger partial charge in [0.15, 0.2) is 0 Å². The summed E-state index contributed by atoms with van der Waals surface area (Å²) < 4.78 is 27.5.